The number of rotatable bonds is 5. The third-order valence-electron chi connectivity index (χ3n) is 7.31. The first-order valence-corrected chi connectivity index (χ1v) is 9.54. The Labute approximate surface area is 159 Å². The molecule has 26 heavy (non-hydrogen) atoms. The lowest BCUT2D eigenvalue weighted by Crippen LogP contribution is -2.42. The van der Waals surface area contributed by atoms with Crippen LogP contribution in [0.2, 0.25) is 0 Å². The number of hydrogen-bond donors (Lipinski definition) is 1. The first-order chi connectivity index (χ1) is 11.8. The molecule has 0 atom stereocenters. The summed E-state index contributed by atoms with van der Waals surface area (Å²) in [5, 5.41) is 8.80. The van der Waals surface area contributed by atoms with Gasteiger partial charge in [-0.1, -0.05) is 71.4 Å². The zero-order valence-electron chi connectivity index (χ0n) is 17.7. The van der Waals surface area contributed by atoms with Gasteiger partial charge >= 0.3 is 5.97 Å². The molecule has 0 radical (unpaired) electrons. The van der Waals surface area contributed by atoms with Gasteiger partial charge in [-0.3, -0.25) is 0 Å². The quantitative estimate of drug-likeness (QED) is 0.613. The van der Waals surface area contributed by atoms with Crippen molar-refractivity contribution in [2.75, 3.05) is 0 Å². The van der Waals surface area contributed by atoms with Crippen LogP contribution in [0.4, 0.5) is 0 Å². The summed E-state index contributed by atoms with van der Waals surface area (Å²) in [5.41, 5.74) is 6.78. The molecule has 0 saturated carbocycles. The molecule has 1 aliphatic carbocycles. The lowest BCUT2D eigenvalue weighted by atomic mass is 9.59. The van der Waals surface area contributed by atoms with Gasteiger partial charge in [0.25, 0.3) is 0 Å². The Balaban J connectivity index is 2.30. The van der Waals surface area contributed by atoms with Gasteiger partial charge in [-0.15, -0.1) is 0 Å². The molecule has 2 nitrogen and oxygen atoms in total. The molecule has 0 aliphatic heterocycles. The third-order valence-corrected chi connectivity index (χ3v) is 7.31. The number of carboxylic acids is 1. The number of fused-ring (bicyclic) bond motifs is 1. The van der Waals surface area contributed by atoms with Crippen LogP contribution in [0.1, 0.15) is 84.9 Å². The van der Waals surface area contributed by atoms with E-state index in [4.69, 9.17) is 5.11 Å². The van der Waals surface area contributed by atoms with Crippen molar-refractivity contribution in [3.63, 3.8) is 0 Å². The summed E-state index contributed by atoms with van der Waals surface area (Å²) in [6, 6.07) is 6.93. The highest BCUT2D eigenvalue weighted by Crippen LogP contribution is 2.61. The summed E-state index contributed by atoms with van der Waals surface area (Å²) in [4.78, 5) is 10.7. The number of carboxylic acid groups (broad SMARTS) is 1. The Hall–Kier alpha value is -1.83. The first kappa shape index (κ1) is 20.5. The molecule has 0 aromatic heterocycles. The fourth-order valence-corrected chi connectivity index (χ4v) is 4.22. The van der Waals surface area contributed by atoms with Crippen molar-refractivity contribution in [1.29, 1.82) is 0 Å². The van der Waals surface area contributed by atoms with Gasteiger partial charge < -0.3 is 5.11 Å². The molecule has 0 amide bonds. The standard InChI is InChI=1S/C24H34O2/c1-16(14-21(25)26)10-9-11-17(2)18-12-13-19-20(15-18)23(5,6)24(7,8)22(19,3)4/h11-15H,9-10H2,1-8H3,(H,25,26)/b16-14+,17-11+. The zero-order chi connectivity index (χ0) is 19.9. The molecular weight excluding hydrogens is 320 g/mol. The van der Waals surface area contributed by atoms with Gasteiger partial charge in [0.1, 0.15) is 0 Å². The van der Waals surface area contributed by atoms with Crippen LogP contribution in [0.15, 0.2) is 35.9 Å². The summed E-state index contributed by atoms with van der Waals surface area (Å²) >= 11 is 0. The maximum atomic E-state index is 10.7. The normalized spacial score (nSPS) is 20.8. The van der Waals surface area contributed by atoms with Crippen molar-refractivity contribution in [3.8, 4) is 0 Å². The minimum absolute atomic E-state index is 0.114. The largest absolute Gasteiger partial charge is 0.478 e. The van der Waals surface area contributed by atoms with Gasteiger partial charge in [-0.05, 0) is 65.2 Å². The van der Waals surface area contributed by atoms with Crippen LogP contribution >= 0.6 is 0 Å². The van der Waals surface area contributed by atoms with Crippen molar-refractivity contribution in [1.82, 2.24) is 0 Å². The third kappa shape index (κ3) is 3.26. The zero-order valence-corrected chi connectivity index (χ0v) is 17.7. The van der Waals surface area contributed by atoms with E-state index in [1.807, 2.05) is 6.92 Å². The molecule has 142 valence electrons. The summed E-state index contributed by atoms with van der Waals surface area (Å²) in [6.45, 7) is 18.2. The molecule has 0 saturated heterocycles. The van der Waals surface area contributed by atoms with E-state index >= 15 is 0 Å². The topological polar surface area (TPSA) is 37.3 Å². The van der Waals surface area contributed by atoms with Gasteiger partial charge in [0, 0.05) is 6.08 Å². The maximum absolute atomic E-state index is 10.7. The van der Waals surface area contributed by atoms with Gasteiger partial charge in [0.15, 0.2) is 0 Å². The Bertz CT molecular complexity index is 773. The molecule has 1 aromatic rings. The van der Waals surface area contributed by atoms with Crippen LogP contribution in [-0.2, 0) is 15.6 Å². The van der Waals surface area contributed by atoms with Crippen LogP contribution < -0.4 is 0 Å². The molecule has 1 aliphatic rings. The van der Waals surface area contributed by atoms with Crippen molar-refractivity contribution < 1.29 is 9.90 Å². The second-order valence-electron chi connectivity index (χ2n) is 9.39. The average molecular weight is 355 g/mol. The van der Waals surface area contributed by atoms with Crippen molar-refractivity contribution >= 4 is 11.5 Å². The Kier molecular flexibility index (Phi) is 5.29. The molecule has 1 aromatic carbocycles. The van der Waals surface area contributed by atoms with E-state index in [1.54, 1.807) is 0 Å². The summed E-state index contributed by atoms with van der Waals surface area (Å²) < 4.78 is 0. The predicted octanol–water partition coefficient (Wildman–Crippen LogP) is 6.50. The van der Waals surface area contributed by atoms with Gasteiger partial charge in [-0.2, -0.15) is 0 Å². The molecule has 0 fully saturated rings. The predicted molar refractivity (Wildman–Crippen MR) is 111 cm³/mol. The molecule has 0 spiro atoms. The van der Waals surface area contributed by atoms with Gasteiger partial charge in [0.2, 0.25) is 0 Å². The minimum atomic E-state index is -0.866. The first-order valence-electron chi connectivity index (χ1n) is 9.54. The summed E-state index contributed by atoms with van der Waals surface area (Å²) in [7, 11) is 0. The maximum Gasteiger partial charge on any atom is 0.328 e. The Morgan fingerprint density at radius 1 is 1.00 bits per heavy atom. The van der Waals surface area contributed by atoms with Crippen molar-refractivity contribution in [2.24, 2.45) is 5.41 Å². The van der Waals surface area contributed by atoms with E-state index in [0.29, 0.717) is 0 Å². The number of aliphatic carboxylic acids is 1. The number of allylic oxidation sites excluding steroid dienone is 3. The molecule has 2 rings (SSSR count). The van der Waals surface area contributed by atoms with Crippen molar-refractivity contribution in [3.05, 3.63) is 52.6 Å². The molecule has 2 heteroatoms. The van der Waals surface area contributed by atoms with E-state index in [-0.39, 0.29) is 16.2 Å². The van der Waals surface area contributed by atoms with Gasteiger partial charge in [-0.25, -0.2) is 4.79 Å². The summed E-state index contributed by atoms with van der Waals surface area (Å²) in [5.74, 6) is -0.866. The van der Waals surface area contributed by atoms with Crippen LogP contribution in [0.3, 0.4) is 0 Å². The molecule has 0 bridgehead atoms. The average Bonchev–Trinajstić information content (AvgIpc) is 2.62. The van der Waals surface area contributed by atoms with E-state index in [2.05, 4.69) is 72.7 Å². The Morgan fingerprint density at radius 3 is 2.15 bits per heavy atom. The highest BCUT2D eigenvalue weighted by Gasteiger charge is 2.56. The highest BCUT2D eigenvalue weighted by atomic mass is 16.4. The molecule has 0 unspecified atom stereocenters. The molecule has 1 N–H and O–H groups in total. The Morgan fingerprint density at radius 2 is 1.58 bits per heavy atom. The fourth-order valence-electron chi connectivity index (χ4n) is 4.22. The number of hydrogen-bond acceptors (Lipinski definition) is 1. The second kappa shape index (κ2) is 6.72. The fraction of sp³-hybridized carbons (Fsp3) is 0.542. The van der Waals surface area contributed by atoms with Crippen LogP contribution in [0.5, 0.6) is 0 Å². The number of carbonyl (C=O) groups is 1. The SMILES string of the molecule is C/C(=C\C(=O)O)CC/C=C(\C)c1ccc2c(c1)C(C)(C)C(C)(C)C2(C)C. The summed E-state index contributed by atoms with van der Waals surface area (Å²) in [6.07, 6.45) is 5.16. The van der Waals surface area contributed by atoms with Gasteiger partial charge in [0.05, 0.1) is 0 Å². The monoisotopic (exact) mass is 354 g/mol. The van der Waals surface area contributed by atoms with Crippen LogP contribution in [0.25, 0.3) is 5.57 Å². The van der Waals surface area contributed by atoms with E-state index in [1.165, 1.54) is 28.3 Å². The second-order valence-corrected chi connectivity index (χ2v) is 9.39. The van der Waals surface area contributed by atoms with E-state index in [9.17, 15) is 4.79 Å². The lowest BCUT2D eigenvalue weighted by Gasteiger charge is -2.44. The molecular formula is C24H34O2. The van der Waals surface area contributed by atoms with E-state index < -0.39 is 5.97 Å². The number of benzene rings is 1. The van der Waals surface area contributed by atoms with Crippen LogP contribution in [-0.4, -0.2) is 11.1 Å². The minimum Gasteiger partial charge on any atom is -0.478 e. The van der Waals surface area contributed by atoms with Crippen LogP contribution in [0, 0.1) is 5.41 Å². The smallest absolute Gasteiger partial charge is 0.328 e. The van der Waals surface area contributed by atoms with E-state index in [0.717, 1.165) is 18.4 Å². The lowest BCUT2D eigenvalue weighted by molar-refractivity contribution is -0.131. The highest BCUT2D eigenvalue weighted by molar-refractivity contribution is 5.80. The van der Waals surface area contributed by atoms with Crippen molar-refractivity contribution in [2.45, 2.75) is 79.1 Å². The molecule has 0 heterocycles.